The summed E-state index contributed by atoms with van der Waals surface area (Å²) in [6.07, 6.45) is 8.43. The fourth-order valence-corrected chi connectivity index (χ4v) is 5.77. The molecule has 0 spiro atoms. The number of rotatable bonds is 4. The van der Waals surface area contributed by atoms with Crippen molar-refractivity contribution in [3.05, 3.63) is 82.2 Å². The maximum absolute atomic E-state index is 14.4. The summed E-state index contributed by atoms with van der Waals surface area (Å²) >= 11 is 0. The Morgan fingerprint density at radius 1 is 0.900 bits per heavy atom. The van der Waals surface area contributed by atoms with Crippen LogP contribution in [0.25, 0.3) is 0 Å². The minimum atomic E-state index is -1.46. The first-order valence-electron chi connectivity index (χ1n) is 10.6. The number of fused-ring (bicyclic) bond motifs is 3. The first-order valence-corrected chi connectivity index (χ1v) is 10.6. The molecule has 0 saturated heterocycles. The first-order chi connectivity index (χ1) is 14.4. The second-order valence-electron chi connectivity index (χ2n) is 8.57. The lowest BCUT2D eigenvalue weighted by atomic mass is 9.57. The highest BCUT2D eigenvalue weighted by Gasteiger charge is 2.43. The molecule has 0 bridgehead atoms. The molecule has 0 amide bonds. The van der Waals surface area contributed by atoms with Crippen LogP contribution in [0.15, 0.2) is 36.4 Å². The molecule has 0 unspecified atom stereocenters. The maximum atomic E-state index is 14.4. The Balaban J connectivity index is 1.76. The Bertz CT molecular complexity index is 941. The van der Waals surface area contributed by atoms with Crippen LogP contribution in [0.1, 0.15) is 67.6 Å². The van der Waals surface area contributed by atoms with Crippen molar-refractivity contribution >= 4 is 0 Å². The van der Waals surface area contributed by atoms with Gasteiger partial charge in [-0.25, -0.2) is 22.0 Å². The maximum Gasteiger partial charge on any atom is 0.194 e. The zero-order chi connectivity index (χ0) is 21.4. The van der Waals surface area contributed by atoms with E-state index in [0.717, 1.165) is 43.9 Å². The van der Waals surface area contributed by atoms with Crippen molar-refractivity contribution in [3.8, 4) is 0 Å². The van der Waals surface area contributed by atoms with Crippen LogP contribution in [-0.2, 0) is 6.42 Å². The SMILES string of the molecule is C/C=C/CC[C@@H]1CC[C@H]2c3cc(F)cc(F)c3CC[C@@H]2[C@H]1c1cc(F)c(F)c(F)c1. The van der Waals surface area contributed by atoms with Crippen molar-refractivity contribution in [2.75, 3.05) is 0 Å². The van der Waals surface area contributed by atoms with Gasteiger partial charge in [0, 0.05) is 6.07 Å². The molecule has 0 aliphatic heterocycles. The van der Waals surface area contributed by atoms with Gasteiger partial charge in [0.25, 0.3) is 0 Å². The van der Waals surface area contributed by atoms with E-state index >= 15 is 0 Å². The van der Waals surface area contributed by atoms with Crippen LogP contribution in [0.4, 0.5) is 22.0 Å². The predicted molar refractivity (Wildman–Crippen MR) is 107 cm³/mol. The van der Waals surface area contributed by atoms with Crippen LogP contribution in [0, 0.1) is 40.9 Å². The average Bonchev–Trinajstić information content (AvgIpc) is 2.71. The van der Waals surface area contributed by atoms with Crippen molar-refractivity contribution in [1.82, 2.24) is 0 Å². The molecule has 0 N–H and O–H groups in total. The van der Waals surface area contributed by atoms with Crippen LogP contribution >= 0.6 is 0 Å². The van der Waals surface area contributed by atoms with E-state index in [2.05, 4.69) is 6.08 Å². The Labute approximate surface area is 173 Å². The average molecular weight is 420 g/mol. The molecule has 5 heteroatoms. The molecule has 2 aliphatic rings. The fourth-order valence-electron chi connectivity index (χ4n) is 5.77. The molecule has 160 valence electrons. The van der Waals surface area contributed by atoms with Gasteiger partial charge in [-0.15, -0.1) is 0 Å². The van der Waals surface area contributed by atoms with Crippen molar-refractivity contribution in [3.63, 3.8) is 0 Å². The Morgan fingerprint density at radius 2 is 1.63 bits per heavy atom. The smallest absolute Gasteiger partial charge is 0.194 e. The van der Waals surface area contributed by atoms with Crippen molar-refractivity contribution < 1.29 is 22.0 Å². The predicted octanol–water partition coefficient (Wildman–Crippen LogP) is 7.58. The zero-order valence-electron chi connectivity index (χ0n) is 16.9. The summed E-state index contributed by atoms with van der Waals surface area (Å²) in [5.41, 5.74) is 1.69. The summed E-state index contributed by atoms with van der Waals surface area (Å²) in [5.74, 6) is -5.03. The quantitative estimate of drug-likeness (QED) is 0.272. The fraction of sp³-hybridized carbons (Fsp3) is 0.440. The van der Waals surface area contributed by atoms with Crippen LogP contribution in [0.2, 0.25) is 0 Å². The second kappa shape index (κ2) is 8.52. The lowest BCUT2D eigenvalue weighted by Crippen LogP contribution is -2.35. The van der Waals surface area contributed by atoms with Gasteiger partial charge >= 0.3 is 0 Å². The molecule has 1 fully saturated rings. The molecule has 0 heterocycles. The summed E-state index contributed by atoms with van der Waals surface area (Å²) in [7, 11) is 0. The zero-order valence-corrected chi connectivity index (χ0v) is 16.9. The number of hydrogen-bond acceptors (Lipinski definition) is 0. The second-order valence-corrected chi connectivity index (χ2v) is 8.57. The number of benzene rings is 2. The van der Waals surface area contributed by atoms with Gasteiger partial charge in [-0.05, 0) is 104 Å². The molecule has 4 atom stereocenters. The highest BCUT2D eigenvalue weighted by molar-refractivity contribution is 5.38. The Hall–Kier alpha value is -2.17. The van der Waals surface area contributed by atoms with E-state index < -0.39 is 29.1 Å². The highest BCUT2D eigenvalue weighted by atomic mass is 19.2. The van der Waals surface area contributed by atoms with Crippen molar-refractivity contribution in [1.29, 1.82) is 0 Å². The molecule has 0 radical (unpaired) electrons. The largest absolute Gasteiger partial charge is 0.207 e. The van der Waals surface area contributed by atoms with Crippen LogP contribution in [0.5, 0.6) is 0 Å². The molecule has 4 rings (SSSR count). The number of allylic oxidation sites excluding steroid dienone is 2. The van der Waals surface area contributed by atoms with Crippen LogP contribution < -0.4 is 0 Å². The molecule has 2 aliphatic carbocycles. The monoisotopic (exact) mass is 420 g/mol. The van der Waals surface area contributed by atoms with Gasteiger partial charge in [0.2, 0.25) is 0 Å². The van der Waals surface area contributed by atoms with Crippen molar-refractivity contribution in [2.24, 2.45) is 11.8 Å². The van der Waals surface area contributed by atoms with Gasteiger partial charge in [-0.2, -0.15) is 0 Å². The van der Waals surface area contributed by atoms with Gasteiger partial charge in [0.15, 0.2) is 17.5 Å². The molecule has 2 aromatic carbocycles. The summed E-state index contributed by atoms with van der Waals surface area (Å²) < 4.78 is 70.1. The van der Waals surface area contributed by atoms with Crippen LogP contribution in [-0.4, -0.2) is 0 Å². The topological polar surface area (TPSA) is 0 Å². The summed E-state index contributed by atoms with van der Waals surface area (Å²) in [6.45, 7) is 1.94. The van der Waals surface area contributed by atoms with E-state index in [1.165, 1.54) is 6.07 Å². The van der Waals surface area contributed by atoms with E-state index in [1.807, 2.05) is 13.0 Å². The molecular formula is C25H25F5. The summed E-state index contributed by atoms with van der Waals surface area (Å²) in [4.78, 5) is 0. The molecule has 0 nitrogen and oxygen atoms in total. The lowest BCUT2D eigenvalue weighted by Gasteiger charge is -2.47. The Morgan fingerprint density at radius 3 is 2.33 bits per heavy atom. The van der Waals surface area contributed by atoms with E-state index in [9.17, 15) is 22.0 Å². The lowest BCUT2D eigenvalue weighted by molar-refractivity contribution is 0.160. The third-order valence-electron chi connectivity index (χ3n) is 6.99. The van der Waals surface area contributed by atoms with E-state index in [-0.39, 0.29) is 23.7 Å². The third-order valence-corrected chi connectivity index (χ3v) is 6.99. The standard InChI is InChI=1S/C25H25F5/c1-2-3-4-5-14-6-7-17-19(9-8-18-20(17)12-16(26)13-21(18)27)24(14)15-10-22(28)25(30)23(29)11-15/h2-3,10-14,17,19,24H,4-9H2,1H3/b3-2+/t14-,17-,19+,24-/m1/s1. The minimum Gasteiger partial charge on any atom is -0.207 e. The van der Waals surface area contributed by atoms with Crippen LogP contribution in [0.3, 0.4) is 0 Å². The van der Waals surface area contributed by atoms with Gasteiger partial charge in [0.05, 0.1) is 0 Å². The van der Waals surface area contributed by atoms with Gasteiger partial charge in [-0.1, -0.05) is 12.2 Å². The molecule has 0 aromatic heterocycles. The summed E-state index contributed by atoms with van der Waals surface area (Å²) in [5, 5.41) is 0. The van der Waals surface area contributed by atoms with E-state index in [0.29, 0.717) is 29.5 Å². The first kappa shape index (κ1) is 21.1. The molecule has 30 heavy (non-hydrogen) atoms. The van der Waals surface area contributed by atoms with Gasteiger partial charge in [-0.3, -0.25) is 0 Å². The number of halogens is 5. The summed E-state index contributed by atoms with van der Waals surface area (Å²) in [6, 6.07) is 4.55. The van der Waals surface area contributed by atoms with Crippen molar-refractivity contribution in [2.45, 2.75) is 57.3 Å². The minimum absolute atomic E-state index is 0.00678. The highest BCUT2D eigenvalue weighted by Crippen LogP contribution is 2.55. The molecule has 1 saturated carbocycles. The van der Waals surface area contributed by atoms with E-state index in [1.54, 1.807) is 0 Å². The molecule has 2 aromatic rings. The van der Waals surface area contributed by atoms with Gasteiger partial charge < -0.3 is 0 Å². The number of hydrogen-bond donors (Lipinski definition) is 0. The molecular weight excluding hydrogens is 395 g/mol. The van der Waals surface area contributed by atoms with Gasteiger partial charge in [0.1, 0.15) is 11.6 Å². The Kier molecular flexibility index (Phi) is 5.99. The normalized spacial score (nSPS) is 25.9. The third kappa shape index (κ3) is 3.79. The van der Waals surface area contributed by atoms with E-state index in [4.69, 9.17) is 0 Å².